The van der Waals surface area contributed by atoms with Crippen molar-refractivity contribution in [2.45, 2.75) is 33.0 Å². The molecule has 1 atom stereocenters. The topological polar surface area (TPSA) is 46.5 Å². The summed E-state index contributed by atoms with van der Waals surface area (Å²) in [5.74, 6) is -0.568. The smallest absolute Gasteiger partial charge is 0.332 e. The summed E-state index contributed by atoms with van der Waals surface area (Å²) in [6.07, 6.45) is -0.164. The fourth-order valence-electron chi connectivity index (χ4n) is 1.44. The van der Waals surface area contributed by atoms with Gasteiger partial charge in [0, 0.05) is 0 Å². The highest BCUT2D eigenvalue weighted by Gasteiger charge is 2.19. The normalized spacial score (nSPS) is 12.7. The van der Waals surface area contributed by atoms with Crippen LogP contribution in [-0.2, 0) is 16.1 Å². The first kappa shape index (κ1) is 12.7. The predicted octanol–water partition coefficient (Wildman–Crippen LogP) is 2.70. The first-order chi connectivity index (χ1) is 7.59. The van der Waals surface area contributed by atoms with E-state index in [2.05, 4.69) is 0 Å². The molecule has 0 fully saturated rings. The minimum absolute atomic E-state index is 0.317. The highest BCUT2D eigenvalue weighted by Crippen LogP contribution is 2.11. The molecule has 1 aromatic carbocycles. The zero-order valence-corrected chi connectivity index (χ0v) is 9.72. The summed E-state index contributed by atoms with van der Waals surface area (Å²) < 4.78 is 5.40. The molecule has 0 aliphatic rings. The van der Waals surface area contributed by atoms with Crippen LogP contribution >= 0.6 is 0 Å². The van der Waals surface area contributed by atoms with Gasteiger partial charge >= 0.3 is 5.97 Å². The van der Waals surface area contributed by atoms with Crippen molar-refractivity contribution >= 4 is 5.97 Å². The quantitative estimate of drug-likeness (QED) is 0.805. The molecular weight excluding hydrogens is 204 g/mol. The van der Waals surface area contributed by atoms with E-state index in [1.807, 2.05) is 44.2 Å². The van der Waals surface area contributed by atoms with E-state index in [0.29, 0.717) is 18.9 Å². The largest absolute Gasteiger partial charge is 0.479 e. The summed E-state index contributed by atoms with van der Waals surface area (Å²) in [6.45, 7) is 4.33. The van der Waals surface area contributed by atoms with E-state index in [9.17, 15) is 4.79 Å². The van der Waals surface area contributed by atoms with E-state index in [0.717, 1.165) is 5.56 Å². The number of rotatable bonds is 6. The number of hydrogen-bond acceptors (Lipinski definition) is 2. The molecule has 3 heteroatoms. The summed E-state index contributed by atoms with van der Waals surface area (Å²) >= 11 is 0. The van der Waals surface area contributed by atoms with Gasteiger partial charge in [0.1, 0.15) is 0 Å². The van der Waals surface area contributed by atoms with Crippen LogP contribution in [0.15, 0.2) is 30.3 Å². The zero-order chi connectivity index (χ0) is 12.0. The van der Waals surface area contributed by atoms with Gasteiger partial charge in [-0.05, 0) is 17.9 Å². The number of aliphatic carboxylic acids is 1. The SMILES string of the molecule is CC(C)CC(OCc1ccccc1)C(=O)O. The number of hydrogen-bond donors (Lipinski definition) is 1. The van der Waals surface area contributed by atoms with Crippen LogP contribution in [0.3, 0.4) is 0 Å². The Hall–Kier alpha value is -1.35. The molecule has 0 spiro atoms. The van der Waals surface area contributed by atoms with Gasteiger partial charge in [0.15, 0.2) is 6.10 Å². The third kappa shape index (κ3) is 4.45. The fraction of sp³-hybridized carbons (Fsp3) is 0.462. The Labute approximate surface area is 96.1 Å². The molecule has 0 aliphatic heterocycles. The molecule has 88 valence electrons. The van der Waals surface area contributed by atoms with E-state index in [1.54, 1.807) is 0 Å². The number of benzene rings is 1. The lowest BCUT2D eigenvalue weighted by Crippen LogP contribution is -2.25. The van der Waals surface area contributed by atoms with Crippen LogP contribution < -0.4 is 0 Å². The summed E-state index contributed by atoms with van der Waals surface area (Å²) in [6, 6.07) is 9.60. The standard InChI is InChI=1S/C13H18O3/c1-10(2)8-12(13(14)15)16-9-11-6-4-3-5-7-11/h3-7,10,12H,8-9H2,1-2H3,(H,14,15). The Kier molecular flexibility index (Phi) is 4.99. The maximum Gasteiger partial charge on any atom is 0.332 e. The van der Waals surface area contributed by atoms with E-state index < -0.39 is 12.1 Å². The molecular formula is C13H18O3. The Morgan fingerprint density at radius 3 is 2.44 bits per heavy atom. The van der Waals surface area contributed by atoms with Crippen LogP contribution in [0.1, 0.15) is 25.8 Å². The lowest BCUT2D eigenvalue weighted by molar-refractivity contribution is -0.152. The highest BCUT2D eigenvalue weighted by molar-refractivity contribution is 5.72. The fourth-order valence-corrected chi connectivity index (χ4v) is 1.44. The number of carboxylic acids is 1. The van der Waals surface area contributed by atoms with Crippen LogP contribution in [-0.4, -0.2) is 17.2 Å². The van der Waals surface area contributed by atoms with Gasteiger partial charge in [-0.1, -0.05) is 44.2 Å². The van der Waals surface area contributed by atoms with Crippen molar-refractivity contribution in [3.8, 4) is 0 Å². The summed E-state index contributed by atoms with van der Waals surface area (Å²) in [5, 5.41) is 8.98. The second-order valence-corrected chi connectivity index (χ2v) is 4.25. The van der Waals surface area contributed by atoms with Gasteiger partial charge in [0.2, 0.25) is 0 Å². The van der Waals surface area contributed by atoms with Crippen molar-refractivity contribution in [1.29, 1.82) is 0 Å². The molecule has 3 nitrogen and oxygen atoms in total. The third-order valence-corrected chi connectivity index (χ3v) is 2.25. The molecule has 0 radical (unpaired) electrons. The molecule has 1 aromatic rings. The monoisotopic (exact) mass is 222 g/mol. The summed E-state index contributed by atoms with van der Waals surface area (Å²) in [5.41, 5.74) is 0.998. The molecule has 0 amide bonds. The lowest BCUT2D eigenvalue weighted by Gasteiger charge is -2.15. The van der Waals surface area contributed by atoms with E-state index in [1.165, 1.54) is 0 Å². The Morgan fingerprint density at radius 1 is 1.31 bits per heavy atom. The van der Waals surface area contributed by atoms with Gasteiger partial charge in [-0.3, -0.25) is 0 Å². The number of carboxylic acid groups (broad SMARTS) is 1. The minimum Gasteiger partial charge on any atom is -0.479 e. The molecule has 0 bridgehead atoms. The van der Waals surface area contributed by atoms with Crippen molar-refractivity contribution in [2.24, 2.45) is 5.92 Å². The van der Waals surface area contributed by atoms with Crippen LogP contribution in [0.5, 0.6) is 0 Å². The maximum atomic E-state index is 10.9. The molecule has 1 rings (SSSR count). The molecule has 0 saturated carbocycles. The average Bonchev–Trinajstić information content (AvgIpc) is 2.25. The van der Waals surface area contributed by atoms with E-state index in [-0.39, 0.29) is 0 Å². The van der Waals surface area contributed by atoms with Crippen LogP contribution in [0.2, 0.25) is 0 Å². The van der Waals surface area contributed by atoms with Gasteiger partial charge in [0.25, 0.3) is 0 Å². The second kappa shape index (κ2) is 6.28. The molecule has 0 aromatic heterocycles. The molecule has 0 saturated heterocycles. The average molecular weight is 222 g/mol. The van der Waals surface area contributed by atoms with E-state index in [4.69, 9.17) is 9.84 Å². The zero-order valence-electron chi connectivity index (χ0n) is 9.72. The summed E-state index contributed by atoms with van der Waals surface area (Å²) in [4.78, 5) is 10.9. The van der Waals surface area contributed by atoms with Crippen molar-refractivity contribution < 1.29 is 14.6 Å². The van der Waals surface area contributed by atoms with Crippen molar-refractivity contribution in [3.63, 3.8) is 0 Å². The summed E-state index contributed by atoms with van der Waals surface area (Å²) in [7, 11) is 0. The Morgan fingerprint density at radius 2 is 1.94 bits per heavy atom. The number of carbonyl (C=O) groups is 1. The van der Waals surface area contributed by atoms with Crippen molar-refractivity contribution in [3.05, 3.63) is 35.9 Å². The number of ether oxygens (including phenoxy) is 1. The first-order valence-electron chi connectivity index (χ1n) is 5.48. The third-order valence-electron chi connectivity index (χ3n) is 2.25. The second-order valence-electron chi connectivity index (χ2n) is 4.25. The predicted molar refractivity (Wildman–Crippen MR) is 62.1 cm³/mol. The Balaban J connectivity index is 2.47. The van der Waals surface area contributed by atoms with Crippen molar-refractivity contribution in [2.75, 3.05) is 0 Å². The minimum atomic E-state index is -0.885. The highest BCUT2D eigenvalue weighted by atomic mass is 16.5. The van der Waals surface area contributed by atoms with Gasteiger partial charge in [-0.25, -0.2) is 4.79 Å². The van der Waals surface area contributed by atoms with Gasteiger partial charge in [-0.15, -0.1) is 0 Å². The van der Waals surface area contributed by atoms with Crippen LogP contribution in [0.4, 0.5) is 0 Å². The first-order valence-corrected chi connectivity index (χ1v) is 5.48. The van der Waals surface area contributed by atoms with E-state index >= 15 is 0 Å². The maximum absolute atomic E-state index is 10.9. The molecule has 0 heterocycles. The molecule has 0 aliphatic carbocycles. The molecule has 16 heavy (non-hydrogen) atoms. The van der Waals surface area contributed by atoms with Gasteiger partial charge < -0.3 is 9.84 Å². The lowest BCUT2D eigenvalue weighted by atomic mass is 10.1. The molecule has 1 N–H and O–H groups in total. The van der Waals surface area contributed by atoms with Crippen molar-refractivity contribution in [1.82, 2.24) is 0 Å². The van der Waals surface area contributed by atoms with Gasteiger partial charge in [-0.2, -0.15) is 0 Å². The molecule has 1 unspecified atom stereocenters. The Bertz CT molecular complexity index is 319. The van der Waals surface area contributed by atoms with Gasteiger partial charge in [0.05, 0.1) is 6.61 Å². The van der Waals surface area contributed by atoms with Crippen LogP contribution in [0.25, 0.3) is 0 Å². The van der Waals surface area contributed by atoms with Crippen LogP contribution in [0, 0.1) is 5.92 Å².